The van der Waals surface area contributed by atoms with E-state index in [2.05, 4.69) is 4.98 Å². The molecule has 11 heteroatoms. The van der Waals surface area contributed by atoms with Crippen LogP contribution < -0.4 is 25.2 Å². The summed E-state index contributed by atoms with van der Waals surface area (Å²) in [6, 6.07) is 30.8. The average Bonchev–Trinajstić information content (AvgIpc) is 3.06. The minimum atomic E-state index is -0.934. The van der Waals surface area contributed by atoms with Gasteiger partial charge < -0.3 is 15.6 Å². The van der Waals surface area contributed by atoms with Gasteiger partial charge in [0.15, 0.2) is 5.82 Å². The zero-order chi connectivity index (χ0) is 30.6. The van der Waals surface area contributed by atoms with E-state index in [0.717, 1.165) is 5.56 Å². The molecule has 0 saturated heterocycles. The van der Waals surface area contributed by atoms with Gasteiger partial charge in [-0.05, 0) is 72.6 Å². The van der Waals surface area contributed by atoms with Gasteiger partial charge >= 0.3 is 6.03 Å². The SMILES string of the molecule is COc1ccc(N2Cc3cnc(N(C(=O)[C@@H](N)Cc4ccc(O)cc4)c4ccccc4)nc3N(c3ccccc3)C2=O)cc1.Cl. The third-order valence-corrected chi connectivity index (χ3v) is 7.33. The van der Waals surface area contributed by atoms with Crippen molar-refractivity contribution in [2.24, 2.45) is 5.73 Å². The zero-order valence-corrected chi connectivity index (χ0v) is 25.2. The second kappa shape index (κ2) is 13.5. The number of anilines is 5. The van der Waals surface area contributed by atoms with Crippen LogP contribution >= 0.6 is 12.4 Å². The number of rotatable bonds is 8. The summed E-state index contributed by atoms with van der Waals surface area (Å²) in [7, 11) is 1.59. The van der Waals surface area contributed by atoms with E-state index >= 15 is 0 Å². The van der Waals surface area contributed by atoms with Crippen LogP contribution in [-0.4, -0.2) is 40.2 Å². The van der Waals surface area contributed by atoms with Gasteiger partial charge in [0.25, 0.3) is 5.91 Å². The number of hydrogen-bond acceptors (Lipinski definition) is 7. The number of fused-ring (bicyclic) bond motifs is 1. The Kier molecular flexibility index (Phi) is 9.27. The number of halogens is 1. The number of aromatic hydroxyl groups is 1. The lowest BCUT2D eigenvalue weighted by atomic mass is 10.1. The average molecular weight is 623 g/mol. The Labute approximate surface area is 266 Å². The summed E-state index contributed by atoms with van der Waals surface area (Å²) in [4.78, 5) is 42.1. The van der Waals surface area contributed by atoms with Crippen molar-refractivity contribution in [1.82, 2.24) is 9.97 Å². The topological polar surface area (TPSA) is 125 Å². The minimum absolute atomic E-state index is 0. The van der Waals surface area contributed by atoms with Crippen LogP contribution in [0.3, 0.4) is 0 Å². The Morgan fingerprint density at radius 2 is 1.58 bits per heavy atom. The Bertz CT molecular complexity index is 1770. The maximum absolute atomic E-state index is 14.1. The molecular weight excluding hydrogens is 592 g/mol. The molecule has 0 spiro atoms. The maximum atomic E-state index is 14.1. The summed E-state index contributed by atoms with van der Waals surface area (Å²) in [6.45, 7) is 0.226. The predicted molar refractivity (Wildman–Crippen MR) is 176 cm³/mol. The van der Waals surface area contributed by atoms with Gasteiger partial charge in [0, 0.05) is 17.4 Å². The highest BCUT2D eigenvalue weighted by molar-refractivity contribution is 6.10. The number of ether oxygens (including phenoxy) is 1. The molecule has 6 rings (SSSR count). The summed E-state index contributed by atoms with van der Waals surface area (Å²) in [5.74, 6) is 0.855. The molecule has 0 aliphatic carbocycles. The Hall–Kier alpha value is -5.45. The van der Waals surface area contributed by atoms with Crippen molar-refractivity contribution in [2.45, 2.75) is 19.0 Å². The second-order valence-electron chi connectivity index (χ2n) is 10.2. The van der Waals surface area contributed by atoms with E-state index in [4.69, 9.17) is 15.5 Å². The molecule has 1 aromatic heterocycles. The van der Waals surface area contributed by atoms with Crippen LogP contribution in [0.4, 0.5) is 33.6 Å². The lowest BCUT2D eigenvalue weighted by molar-refractivity contribution is -0.119. The number of aromatic nitrogens is 2. The van der Waals surface area contributed by atoms with Crippen LogP contribution in [0.2, 0.25) is 0 Å². The van der Waals surface area contributed by atoms with Gasteiger partial charge in [-0.3, -0.25) is 9.69 Å². The zero-order valence-electron chi connectivity index (χ0n) is 24.4. The number of nitrogens with zero attached hydrogens (tertiary/aromatic N) is 5. The fourth-order valence-electron chi connectivity index (χ4n) is 5.08. The largest absolute Gasteiger partial charge is 0.508 e. The van der Waals surface area contributed by atoms with Crippen molar-refractivity contribution in [3.05, 3.63) is 127 Å². The summed E-state index contributed by atoms with van der Waals surface area (Å²) in [5.41, 5.74) is 9.78. The van der Waals surface area contributed by atoms with Gasteiger partial charge in [0.05, 0.1) is 31.1 Å². The van der Waals surface area contributed by atoms with Crippen molar-refractivity contribution in [3.8, 4) is 11.5 Å². The first kappa shape index (κ1) is 31.0. The fraction of sp³-hybridized carbons (Fsp3) is 0.118. The first-order valence-corrected chi connectivity index (χ1v) is 14.0. The number of methoxy groups -OCH3 is 1. The molecule has 45 heavy (non-hydrogen) atoms. The van der Waals surface area contributed by atoms with Gasteiger partial charge in [-0.1, -0.05) is 48.5 Å². The van der Waals surface area contributed by atoms with Crippen LogP contribution in [0.25, 0.3) is 0 Å². The molecular formula is C34H31ClN6O4. The third-order valence-electron chi connectivity index (χ3n) is 7.33. The summed E-state index contributed by atoms with van der Waals surface area (Å²) in [6.07, 6.45) is 1.88. The molecule has 2 heterocycles. The lowest BCUT2D eigenvalue weighted by Crippen LogP contribution is -2.46. The van der Waals surface area contributed by atoms with E-state index in [1.54, 1.807) is 66.7 Å². The molecule has 5 aromatic rings. The molecule has 10 nitrogen and oxygen atoms in total. The number of nitrogens with two attached hydrogens (primary N) is 1. The standard InChI is InChI=1S/C34H30N6O4.ClH/c1-44-29-18-14-25(15-19-29)38-22-24-21-36-33(37-31(24)39(34(38)43)26-8-4-2-5-9-26)40(27-10-6-3-7-11-27)32(42)30(35)20-23-12-16-28(41)17-13-23;/h2-19,21,30,41H,20,22,35H2,1H3;1H/t30-;/m0./s1. The van der Waals surface area contributed by atoms with Crippen molar-refractivity contribution in [1.29, 1.82) is 0 Å². The molecule has 1 aliphatic rings. The Morgan fingerprint density at radius 1 is 0.933 bits per heavy atom. The Balaban J connectivity index is 0.00000400. The highest BCUT2D eigenvalue weighted by atomic mass is 35.5. The molecule has 3 amide bonds. The minimum Gasteiger partial charge on any atom is -0.508 e. The van der Waals surface area contributed by atoms with E-state index < -0.39 is 11.9 Å². The van der Waals surface area contributed by atoms with Gasteiger partial charge in [-0.25, -0.2) is 19.6 Å². The summed E-state index contributed by atoms with van der Waals surface area (Å²) >= 11 is 0. The molecule has 228 valence electrons. The number of carbonyl (C=O) groups excluding carboxylic acids is 2. The summed E-state index contributed by atoms with van der Waals surface area (Å²) in [5, 5.41) is 9.65. The van der Waals surface area contributed by atoms with E-state index in [9.17, 15) is 14.7 Å². The highest BCUT2D eigenvalue weighted by Gasteiger charge is 2.36. The van der Waals surface area contributed by atoms with Crippen LogP contribution in [-0.2, 0) is 17.8 Å². The molecule has 0 unspecified atom stereocenters. The fourth-order valence-corrected chi connectivity index (χ4v) is 5.08. The van der Waals surface area contributed by atoms with Crippen LogP contribution in [0.5, 0.6) is 11.5 Å². The number of urea groups is 1. The number of amides is 3. The van der Waals surface area contributed by atoms with Crippen molar-refractivity contribution in [3.63, 3.8) is 0 Å². The van der Waals surface area contributed by atoms with Gasteiger partial charge in [0.1, 0.15) is 11.5 Å². The van der Waals surface area contributed by atoms with Crippen LogP contribution in [0.15, 0.2) is 115 Å². The monoisotopic (exact) mass is 622 g/mol. The molecule has 4 aromatic carbocycles. The van der Waals surface area contributed by atoms with E-state index in [0.29, 0.717) is 34.2 Å². The number of benzene rings is 4. The first-order chi connectivity index (χ1) is 21.4. The van der Waals surface area contributed by atoms with E-state index in [1.807, 2.05) is 60.7 Å². The molecule has 0 fully saturated rings. The van der Waals surface area contributed by atoms with Crippen LogP contribution in [0, 0.1) is 0 Å². The van der Waals surface area contributed by atoms with Crippen molar-refractivity contribution < 1.29 is 19.4 Å². The lowest BCUT2D eigenvalue weighted by Gasteiger charge is -2.36. The van der Waals surface area contributed by atoms with Gasteiger partial charge in [0.2, 0.25) is 5.95 Å². The quantitative estimate of drug-likeness (QED) is 0.213. The smallest absolute Gasteiger partial charge is 0.335 e. The number of carbonyl (C=O) groups is 2. The molecule has 0 bridgehead atoms. The number of phenolic OH excluding ortho intramolecular Hbond substituents is 1. The normalized spacial score (nSPS) is 13.0. The summed E-state index contributed by atoms with van der Waals surface area (Å²) < 4.78 is 5.29. The molecule has 0 radical (unpaired) electrons. The number of phenols is 1. The Morgan fingerprint density at radius 3 is 2.22 bits per heavy atom. The number of para-hydroxylation sites is 2. The van der Waals surface area contributed by atoms with E-state index in [1.165, 1.54) is 9.80 Å². The van der Waals surface area contributed by atoms with Crippen molar-refractivity contribution >= 4 is 53.2 Å². The van der Waals surface area contributed by atoms with Crippen molar-refractivity contribution in [2.75, 3.05) is 21.8 Å². The van der Waals surface area contributed by atoms with E-state index in [-0.39, 0.29) is 43.1 Å². The molecule has 0 saturated carbocycles. The maximum Gasteiger partial charge on any atom is 0.335 e. The second-order valence-corrected chi connectivity index (χ2v) is 10.2. The molecule has 3 N–H and O–H groups in total. The van der Waals surface area contributed by atoms with Crippen LogP contribution in [0.1, 0.15) is 11.1 Å². The predicted octanol–water partition coefficient (Wildman–Crippen LogP) is 6.13. The molecule has 1 aliphatic heterocycles. The molecule has 1 atom stereocenters. The van der Waals surface area contributed by atoms with Gasteiger partial charge in [-0.15, -0.1) is 12.4 Å². The van der Waals surface area contributed by atoms with Gasteiger partial charge in [-0.2, -0.15) is 4.98 Å². The first-order valence-electron chi connectivity index (χ1n) is 14.0. The highest BCUT2D eigenvalue weighted by Crippen LogP contribution is 2.37. The number of hydrogen-bond donors (Lipinski definition) is 2. The third kappa shape index (κ3) is 6.42.